The van der Waals surface area contributed by atoms with Gasteiger partial charge in [0, 0.05) is 12.5 Å². The molecule has 0 spiro atoms. The predicted molar refractivity (Wildman–Crippen MR) is 140 cm³/mol. The van der Waals surface area contributed by atoms with Crippen molar-refractivity contribution in [2.75, 3.05) is 27.2 Å². The fourth-order valence-corrected chi connectivity index (χ4v) is 4.77. The third-order valence-electron chi connectivity index (χ3n) is 5.98. The molecule has 0 aliphatic heterocycles. The van der Waals surface area contributed by atoms with E-state index in [1.165, 1.54) is 32.9 Å². The van der Waals surface area contributed by atoms with Crippen LogP contribution in [0.2, 0.25) is 5.82 Å². The minimum absolute atomic E-state index is 0.00321. The fraction of sp³-hybridized carbons (Fsp3) is 0.400. The minimum Gasteiger partial charge on any atom is -0.492 e. The molecular formula is C25H31BN2O7S. The number of nitrogens with one attached hydrogen (secondary N) is 1. The normalized spacial score (nSPS) is 15.0. The molecule has 0 bridgehead atoms. The lowest BCUT2D eigenvalue weighted by Gasteiger charge is -2.20. The highest BCUT2D eigenvalue weighted by atomic mass is 32.2. The van der Waals surface area contributed by atoms with Crippen molar-refractivity contribution in [3.8, 4) is 28.4 Å². The molecule has 0 radical (unpaired) electrons. The lowest BCUT2D eigenvalue weighted by Crippen LogP contribution is -2.26. The van der Waals surface area contributed by atoms with Crippen LogP contribution in [-0.2, 0) is 20.7 Å². The first-order chi connectivity index (χ1) is 17.2. The lowest BCUT2D eigenvalue weighted by molar-refractivity contribution is -0.134. The van der Waals surface area contributed by atoms with Crippen LogP contribution in [0.15, 0.2) is 34.0 Å². The second-order valence-electron chi connectivity index (χ2n) is 8.41. The second kappa shape index (κ2) is 12.3. The number of amides is 1. The van der Waals surface area contributed by atoms with Crippen LogP contribution in [0.3, 0.4) is 0 Å². The minimum atomic E-state index is -0.549. The fourth-order valence-electron chi connectivity index (χ4n) is 4.31. The van der Waals surface area contributed by atoms with Gasteiger partial charge >= 0.3 is 5.97 Å². The molecule has 9 nitrogen and oxygen atoms in total. The summed E-state index contributed by atoms with van der Waals surface area (Å²) in [5.74, 6) is -0.411. The quantitative estimate of drug-likeness (QED) is 0.171. The van der Waals surface area contributed by atoms with Crippen molar-refractivity contribution in [1.29, 1.82) is 0 Å². The Hall–Kier alpha value is -3.02. The van der Waals surface area contributed by atoms with Crippen LogP contribution in [0.25, 0.3) is 11.1 Å². The van der Waals surface area contributed by atoms with Gasteiger partial charge < -0.3 is 29.9 Å². The number of hydrogen-bond donors (Lipinski definition) is 2. The Bertz CT molecular complexity index is 1210. The van der Waals surface area contributed by atoms with Crippen LogP contribution in [0.1, 0.15) is 37.4 Å². The van der Waals surface area contributed by atoms with E-state index >= 15 is 0 Å². The Morgan fingerprint density at radius 3 is 2.56 bits per heavy atom. The first kappa shape index (κ1) is 27.6. The summed E-state index contributed by atoms with van der Waals surface area (Å²) in [4.78, 5) is 38.2. The zero-order valence-electron chi connectivity index (χ0n) is 21.1. The van der Waals surface area contributed by atoms with E-state index in [2.05, 4.69) is 5.32 Å². The molecule has 3 rings (SSSR count). The highest BCUT2D eigenvalue weighted by Crippen LogP contribution is 2.50. The van der Waals surface area contributed by atoms with Crippen molar-refractivity contribution < 1.29 is 28.5 Å². The Morgan fingerprint density at radius 1 is 1.22 bits per heavy atom. The molecule has 1 aliphatic carbocycles. The molecule has 0 saturated heterocycles. The monoisotopic (exact) mass is 514 g/mol. The zero-order chi connectivity index (χ0) is 26.4. The molecule has 2 aromatic rings. The van der Waals surface area contributed by atoms with Crippen LogP contribution in [0, 0.1) is 0 Å². The maximum atomic E-state index is 12.9. The number of carbonyl (C=O) groups excluding carboxylic acids is 2. The van der Waals surface area contributed by atoms with Crippen LogP contribution in [0.4, 0.5) is 0 Å². The van der Waals surface area contributed by atoms with Crippen LogP contribution in [-0.4, -0.2) is 46.6 Å². The van der Waals surface area contributed by atoms with Gasteiger partial charge in [-0.05, 0) is 54.0 Å². The van der Waals surface area contributed by atoms with Crippen molar-refractivity contribution in [3.63, 3.8) is 0 Å². The van der Waals surface area contributed by atoms with E-state index in [1.54, 1.807) is 25.1 Å². The van der Waals surface area contributed by atoms with Crippen LogP contribution >= 0.6 is 11.8 Å². The number of aryl methyl sites for hydroxylation is 1. The molecule has 192 valence electrons. The summed E-state index contributed by atoms with van der Waals surface area (Å²) in [6, 6.07) is 6.57. The number of thioether (sulfide) groups is 1. The highest BCUT2D eigenvalue weighted by molar-refractivity contribution is 7.98. The van der Waals surface area contributed by atoms with Crippen molar-refractivity contribution in [2.24, 2.45) is 5.73 Å². The van der Waals surface area contributed by atoms with E-state index in [-0.39, 0.29) is 37.0 Å². The molecule has 0 heterocycles. The van der Waals surface area contributed by atoms with Gasteiger partial charge in [-0.25, -0.2) is 0 Å². The lowest BCUT2D eigenvalue weighted by atomic mass is 9.82. The number of ether oxygens (including phenoxy) is 3. The Morgan fingerprint density at radius 2 is 1.94 bits per heavy atom. The summed E-state index contributed by atoms with van der Waals surface area (Å²) in [5.41, 5.74) is 8.21. The van der Waals surface area contributed by atoms with Gasteiger partial charge in [-0.2, -0.15) is 0 Å². The summed E-state index contributed by atoms with van der Waals surface area (Å²) < 4.78 is 22.3. The molecule has 2 atom stereocenters. The Labute approximate surface area is 215 Å². The molecule has 0 saturated carbocycles. The SMILES string of the molecule is COc1c(OC(=O)C(C)BOCN)cc2c(c1OC)-c1ccc(SC)c(=O)cc1[C@@H](NC(C)=O)CC2. The molecule has 36 heavy (non-hydrogen) atoms. The zero-order valence-corrected chi connectivity index (χ0v) is 22.0. The largest absolute Gasteiger partial charge is 0.492 e. The maximum absolute atomic E-state index is 12.9. The van der Waals surface area contributed by atoms with Gasteiger partial charge in [0.1, 0.15) is 0 Å². The van der Waals surface area contributed by atoms with Crippen LogP contribution in [0.5, 0.6) is 17.2 Å². The summed E-state index contributed by atoms with van der Waals surface area (Å²) in [6.45, 7) is 3.13. The van der Waals surface area contributed by atoms with E-state index in [4.69, 9.17) is 24.6 Å². The Kier molecular flexibility index (Phi) is 9.41. The van der Waals surface area contributed by atoms with Crippen molar-refractivity contribution in [2.45, 2.75) is 43.4 Å². The van der Waals surface area contributed by atoms with Crippen molar-refractivity contribution in [1.82, 2.24) is 5.32 Å². The van der Waals surface area contributed by atoms with Gasteiger partial charge in [-0.15, -0.1) is 11.8 Å². The molecule has 0 aromatic heterocycles. The number of rotatable bonds is 9. The summed E-state index contributed by atoms with van der Waals surface area (Å²) in [6.07, 6.45) is 2.89. The smallest absolute Gasteiger partial charge is 0.309 e. The number of benzene rings is 1. The van der Waals surface area contributed by atoms with Gasteiger partial charge in [-0.3, -0.25) is 14.4 Å². The van der Waals surface area contributed by atoms with E-state index in [9.17, 15) is 14.4 Å². The van der Waals surface area contributed by atoms with Gasteiger partial charge in [0.25, 0.3) is 7.48 Å². The number of fused-ring (bicyclic) bond motifs is 3. The predicted octanol–water partition coefficient (Wildman–Crippen LogP) is 2.57. The third-order valence-corrected chi connectivity index (χ3v) is 6.75. The van der Waals surface area contributed by atoms with E-state index < -0.39 is 17.8 Å². The van der Waals surface area contributed by atoms with Crippen molar-refractivity contribution >= 4 is 31.1 Å². The highest BCUT2D eigenvalue weighted by Gasteiger charge is 2.30. The van der Waals surface area contributed by atoms with E-state index in [0.717, 1.165) is 16.7 Å². The molecule has 1 amide bonds. The topological polar surface area (TPSA) is 126 Å². The third kappa shape index (κ3) is 5.85. The average molecular weight is 514 g/mol. The van der Waals surface area contributed by atoms with Crippen molar-refractivity contribution in [3.05, 3.63) is 45.6 Å². The summed E-state index contributed by atoms with van der Waals surface area (Å²) in [5, 5.41) is 2.97. The van der Waals surface area contributed by atoms with Gasteiger partial charge in [0.05, 0.1) is 37.7 Å². The number of methoxy groups -OCH3 is 2. The second-order valence-corrected chi connectivity index (χ2v) is 9.25. The van der Waals surface area contributed by atoms with Gasteiger partial charge in [-0.1, -0.05) is 13.0 Å². The standard InChI is InChI=1S/C25H31BN2O7S/c1-13(26-34-12-27)25(31)35-20-10-15-6-8-18(28-14(2)29)17-11-19(30)21(36-5)9-7-16(17)22(15)24(33-4)23(20)32-3/h7,9-11,13,18,26H,6,8,12,27H2,1-5H3,(H,28,29)/t13?,18-/m0/s1. The molecule has 1 aliphatic rings. The average Bonchev–Trinajstić information content (AvgIpc) is 3.09. The summed E-state index contributed by atoms with van der Waals surface area (Å²) >= 11 is 1.35. The molecular weight excluding hydrogens is 483 g/mol. The summed E-state index contributed by atoms with van der Waals surface area (Å²) in [7, 11) is 3.09. The number of nitrogens with two attached hydrogens (primary N) is 1. The van der Waals surface area contributed by atoms with Gasteiger partial charge in [0.15, 0.2) is 16.9 Å². The number of esters is 1. The van der Waals surface area contributed by atoms with Gasteiger partial charge in [0.2, 0.25) is 11.7 Å². The maximum Gasteiger partial charge on any atom is 0.309 e. The first-order valence-corrected chi connectivity index (χ1v) is 12.7. The first-order valence-electron chi connectivity index (χ1n) is 11.5. The molecule has 3 N–H and O–H groups in total. The Balaban J connectivity index is 2.24. The molecule has 2 aromatic carbocycles. The molecule has 0 fully saturated rings. The number of hydrogen-bond acceptors (Lipinski definition) is 9. The molecule has 11 heteroatoms. The molecule has 1 unspecified atom stereocenters. The van der Waals surface area contributed by atoms with E-state index in [0.29, 0.717) is 29.1 Å². The van der Waals surface area contributed by atoms with E-state index in [1.807, 2.05) is 12.3 Å². The number of carbonyl (C=O) groups is 2. The van der Waals surface area contributed by atoms with Crippen LogP contribution < -0.4 is 30.7 Å².